The van der Waals surface area contributed by atoms with Crippen LogP contribution in [0.25, 0.3) is 33.5 Å². The summed E-state index contributed by atoms with van der Waals surface area (Å²) in [5.41, 5.74) is 2.71. The summed E-state index contributed by atoms with van der Waals surface area (Å²) in [4.78, 5) is 32.6. The number of aromatic nitrogens is 2. The predicted molar refractivity (Wildman–Crippen MR) is 184 cm³/mol. The summed E-state index contributed by atoms with van der Waals surface area (Å²) in [6.45, 7) is 5.96. The molecule has 0 fully saturated rings. The molecule has 3 heterocycles. The van der Waals surface area contributed by atoms with E-state index in [9.17, 15) is 9.59 Å². The lowest BCUT2D eigenvalue weighted by atomic mass is 9.88. The number of nitrogens with one attached hydrogen (secondary N) is 2. The van der Waals surface area contributed by atoms with Crippen LogP contribution in [0.4, 0.5) is 25.2 Å². The van der Waals surface area contributed by atoms with Crippen molar-refractivity contribution in [3.63, 3.8) is 0 Å². The lowest BCUT2D eigenvalue weighted by Gasteiger charge is -2.36. The molecule has 7 nitrogen and oxygen atoms in total. The van der Waals surface area contributed by atoms with Gasteiger partial charge in [0.05, 0.1) is 22.5 Å². The largest absolute Gasteiger partial charge is 0.306 e. The summed E-state index contributed by atoms with van der Waals surface area (Å²) in [6.07, 6.45) is 1.25. The number of nitriles is 2. The molecule has 0 saturated carbocycles. The minimum absolute atomic E-state index is 0.166. The van der Waals surface area contributed by atoms with Crippen LogP contribution in [0, 0.1) is 43.4 Å². The average Bonchev–Trinajstić information content (AvgIpc) is 3.48. The van der Waals surface area contributed by atoms with E-state index in [4.69, 9.17) is 10.5 Å². The molecule has 0 aliphatic carbocycles. The average molecular weight is 654 g/mol. The number of anilines is 3. The van der Waals surface area contributed by atoms with Crippen LogP contribution in [0.15, 0.2) is 88.5 Å². The summed E-state index contributed by atoms with van der Waals surface area (Å²) in [5, 5.41) is 20.0. The van der Waals surface area contributed by atoms with Gasteiger partial charge in [0.15, 0.2) is 5.57 Å². The second-order valence-electron chi connectivity index (χ2n) is 11.7. The van der Waals surface area contributed by atoms with E-state index in [1.54, 1.807) is 24.3 Å². The number of alkyl halides is 2. The molecule has 10 heteroatoms. The summed E-state index contributed by atoms with van der Waals surface area (Å²) >= 11 is 1.03. The first-order valence-corrected chi connectivity index (χ1v) is 15.7. The number of rotatable bonds is 3. The molecule has 4 aromatic carbocycles. The van der Waals surface area contributed by atoms with Crippen molar-refractivity contribution in [1.29, 1.82) is 10.5 Å². The molecule has 0 amide bonds. The zero-order chi connectivity index (χ0) is 33.9. The third-order valence-electron chi connectivity index (χ3n) is 8.55. The number of aromatic amines is 2. The van der Waals surface area contributed by atoms with Gasteiger partial charge < -0.3 is 14.9 Å². The van der Waals surface area contributed by atoms with Gasteiger partial charge in [-0.2, -0.15) is 19.3 Å². The fraction of sp³-hybridized carbons (Fsp3) is 0.105. The number of H-pyrrole nitrogens is 2. The molecule has 7 rings (SSSR count). The van der Waals surface area contributed by atoms with Crippen molar-refractivity contribution in [2.45, 2.75) is 26.7 Å². The Bertz CT molecular complexity index is 2590. The molecule has 2 N–H and O–H groups in total. The van der Waals surface area contributed by atoms with Gasteiger partial charge in [-0.25, -0.2) is 0 Å². The van der Waals surface area contributed by atoms with E-state index in [1.807, 2.05) is 86.3 Å². The van der Waals surface area contributed by atoms with E-state index in [0.717, 1.165) is 44.4 Å². The number of aryl methyl sites for hydroxylation is 3. The predicted octanol–water partition coefficient (Wildman–Crippen LogP) is 6.82. The Labute approximate surface area is 276 Å². The molecular formula is C38H25F2N5O2S. The molecule has 0 bridgehead atoms. The quantitative estimate of drug-likeness (QED) is 0.218. The Morgan fingerprint density at radius 2 is 1.50 bits per heavy atom. The van der Waals surface area contributed by atoms with Crippen LogP contribution in [0.3, 0.4) is 0 Å². The molecule has 0 saturated heterocycles. The van der Waals surface area contributed by atoms with Crippen molar-refractivity contribution in [2.75, 3.05) is 4.90 Å². The van der Waals surface area contributed by atoms with Crippen molar-refractivity contribution in [3.8, 4) is 23.3 Å². The van der Waals surface area contributed by atoms with Crippen LogP contribution in [-0.4, -0.2) is 9.97 Å². The summed E-state index contributed by atoms with van der Waals surface area (Å²) in [5.74, 6) is -3.43. The summed E-state index contributed by atoms with van der Waals surface area (Å²) in [7, 11) is 0. The van der Waals surface area contributed by atoms with Crippen LogP contribution in [0.5, 0.6) is 0 Å². The van der Waals surface area contributed by atoms with Crippen molar-refractivity contribution in [3.05, 3.63) is 143 Å². The standard InChI is InChI=1S/C38H25F2N5O2S/c1-20-13-21(2)33(22(3)14-20)24-11-12-32-29(15-24)38(39,40)30-17-26(16-28-35(46)43-34(44-36(28)47)25(18-41)19-42)48-37(30)45(32)31-10-6-8-23-7-4-5-9-27(23)31/h4-17H,1-3H3,(H,43,46)(H,44,47). The molecular weight excluding hydrogens is 629 g/mol. The Balaban J connectivity index is 1.50. The highest BCUT2D eigenvalue weighted by molar-refractivity contribution is 7.17. The minimum Gasteiger partial charge on any atom is -0.306 e. The first kappa shape index (κ1) is 30.5. The zero-order valence-electron chi connectivity index (χ0n) is 25.9. The topological polar surface area (TPSA) is 117 Å². The molecule has 234 valence electrons. The first-order chi connectivity index (χ1) is 23.0. The highest BCUT2D eigenvalue weighted by Crippen LogP contribution is 2.58. The minimum atomic E-state index is -3.43. The van der Waals surface area contributed by atoms with Gasteiger partial charge in [0.2, 0.25) is 0 Å². The molecule has 1 aliphatic rings. The SMILES string of the molecule is Cc1cc(C)c(-c2ccc3c(c2)C(F)(F)c2cc(C=c4c(=O)[nH]c(=C(C#N)C#N)[nH]c4=O)sc2N3c2cccc3ccccc23)c(C)c1. The molecule has 0 atom stereocenters. The smallest absolute Gasteiger partial charge is 0.303 e. The van der Waals surface area contributed by atoms with Crippen LogP contribution < -0.4 is 26.7 Å². The van der Waals surface area contributed by atoms with Gasteiger partial charge >= 0.3 is 5.92 Å². The van der Waals surface area contributed by atoms with Crippen LogP contribution in [0.2, 0.25) is 0 Å². The Morgan fingerprint density at radius 3 is 2.19 bits per heavy atom. The number of halogens is 2. The van der Waals surface area contributed by atoms with Crippen molar-refractivity contribution in [2.24, 2.45) is 0 Å². The van der Waals surface area contributed by atoms with Crippen LogP contribution >= 0.6 is 11.3 Å². The van der Waals surface area contributed by atoms with Gasteiger partial charge in [-0.1, -0.05) is 60.2 Å². The lowest BCUT2D eigenvalue weighted by Crippen LogP contribution is -2.48. The van der Waals surface area contributed by atoms with Gasteiger partial charge in [0.1, 0.15) is 27.8 Å². The molecule has 0 unspecified atom stereocenters. The summed E-state index contributed by atoms with van der Waals surface area (Å²) < 4.78 is 33.7. The lowest BCUT2D eigenvalue weighted by molar-refractivity contribution is 0.0430. The highest BCUT2D eigenvalue weighted by Gasteiger charge is 2.46. The fourth-order valence-corrected chi connectivity index (χ4v) is 7.73. The van der Waals surface area contributed by atoms with Crippen molar-refractivity contribution in [1.82, 2.24) is 9.97 Å². The third kappa shape index (κ3) is 4.82. The van der Waals surface area contributed by atoms with Gasteiger partial charge in [-0.3, -0.25) is 9.59 Å². The van der Waals surface area contributed by atoms with Crippen molar-refractivity contribution < 1.29 is 8.78 Å². The van der Waals surface area contributed by atoms with E-state index in [2.05, 4.69) is 9.97 Å². The molecule has 0 radical (unpaired) electrons. The fourth-order valence-electron chi connectivity index (χ4n) is 6.56. The molecule has 48 heavy (non-hydrogen) atoms. The number of hydrogen-bond donors (Lipinski definition) is 2. The normalized spacial score (nSPS) is 12.9. The molecule has 0 spiro atoms. The summed E-state index contributed by atoms with van der Waals surface area (Å²) in [6, 6.07) is 27.2. The maximum atomic E-state index is 16.9. The number of hydrogen-bond acceptors (Lipinski definition) is 6. The van der Waals surface area contributed by atoms with Gasteiger partial charge in [-0.15, -0.1) is 11.3 Å². The van der Waals surface area contributed by atoms with Crippen LogP contribution in [0.1, 0.15) is 32.7 Å². The first-order valence-electron chi connectivity index (χ1n) is 14.9. The Kier molecular flexibility index (Phi) is 7.19. The monoisotopic (exact) mass is 653 g/mol. The number of fused-ring (bicyclic) bond motifs is 3. The third-order valence-corrected chi connectivity index (χ3v) is 9.62. The second kappa shape index (κ2) is 11.3. The number of nitrogens with zero attached hydrogens (tertiary/aromatic N) is 3. The zero-order valence-corrected chi connectivity index (χ0v) is 26.7. The van der Waals surface area contributed by atoms with Gasteiger partial charge in [0.25, 0.3) is 11.1 Å². The van der Waals surface area contributed by atoms with Crippen molar-refractivity contribution >= 4 is 50.1 Å². The highest BCUT2D eigenvalue weighted by atomic mass is 32.1. The van der Waals surface area contributed by atoms with E-state index >= 15 is 8.78 Å². The van der Waals surface area contributed by atoms with E-state index in [-0.39, 0.29) is 31.7 Å². The molecule has 6 aromatic rings. The number of thiophene rings is 1. The Hall–Kier alpha value is -6.10. The van der Waals surface area contributed by atoms with Gasteiger partial charge in [0, 0.05) is 10.3 Å². The van der Waals surface area contributed by atoms with Crippen LogP contribution in [-0.2, 0) is 5.92 Å². The Morgan fingerprint density at radius 1 is 0.833 bits per heavy atom. The molecule has 2 aromatic heterocycles. The molecule has 1 aliphatic heterocycles. The van der Waals surface area contributed by atoms with Gasteiger partial charge in [-0.05, 0) is 78.8 Å². The second-order valence-corrected chi connectivity index (χ2v) is 12.8. The number of benzene rings is 4. The maximum Gasteiger partial charge on any atom is 0.303 e. The van der Waals surface area contributed by atoms with E-state index < -0.39 is 22.6 Å². The maximum absolute atomic E-state index is 16.9. The van der Waals surface area contributed by atoms with E-state index in [1.165, 1.54) is 12.1 Å². The van der Waals surface area contributed by atoms with E-state index in [0.29, 0.717) is 16.9 Å².